The molecule has 4 aromatic carbocycles. The molecule has 0 aromatic heterocycles. The van der Waals surface area contributed by atoms with Gasteiger partial charge >= 0.3 is 11.9 Å². The fraction of sp³-hybridized carbons (Fsp3) is 0.0667. The van der Waals surface area contributed by atoms with Crippen LogP contribution in [-0.4, -0.2) is 11.9 Å². The highest BCUT2D eigenvalue weighted by Crippen LogP contribution is 2.60. The number of fused-ring (bicyclic) bond motifs is 4. The Morgan fingerprint density at radius 2 is 0.970 bits per heavy atom. The SMILES string of the molecule is O=C1OC(=O)[C@H]2C(c3ccccc3)=C3C(=C(c4ccccc4)[C@H]12)c1cccc2cccc3c12. The second-order valence-corrected chi connectivity index (χ2v) is 8.71. The first kappa shape index (κ1) is 18.3. The molecule has 2 atom stereocenters. The van der Waals surface area contributed by atoms with Gasteiger partial charge in [-0.05, 0) is 55.3 Å². The minimum Gasteiger partial charge on any atom is -0.392 e. The largest absolute Gasteiger partial charge is 0.392 e. The first-order valence-electron chi connectivity index (χ1n) is 11.1. The Labute approximate surface area is 190 Å². The summed E-state index contributed by atoms with van der Waals surface area (Å²) in [5.41, 5.74) is 7.96. The van der Waals surface area contributed by atoms with Gasteiger partial charge in [-0.1, -0.05) is 97.1 Å². The summed E-state index contributed by atoms with van der Waals surface area (Å²) in [4.78, 5) is 26.4. The number of cyclic esters (lactones) is 2. The van der Waals surface area contributed by atoms with Gasteiger partial charge in [-0.15, -0.1) is 0 Å². The van der Waals surface area contributed by atoms with Crippen LogP contribution in [0.2, 0.25) is 0 Å². The minimum atomic E-state index is -0.668. The van der Waals surface area contributed by atoms with Crippen molar-refractivity contribution in [2.75, 3.05) is 0 Å². The minimum absolute atomic E-state index is 0.466. The Morgan fingerprint density at radius 3 is 1.42 bits per heavy atom. The Bertz CT molecular complexity index is 1440. The van der Waals surface area contributed by atoms with Crippen molar-refractivity contribution in [3.8, 4) is 0 Å². The summed E-state index contributed by atoms with van der Waals surface area (Å²) in [6.45, 7) is 0. The lowest BCUT2D eigenvalue weighted by molar-refractivity contribution is -0.153. The Hall–Kier alpha value is -4.24. The number of esters is 2. The zero-order valence-electron chi connectivity index (χ0n) is 17.6. The highest BCUT2D eigenvalue weighted by Gasteiger charge is 2.54. The lowest BCUT2D eigenvalue weighted by Gasteiger charge is -2.30. The van der Waals surface area contributed by atoms with Crippen molar-refractivity contribution in [3.05, 3.63) is 119 Å². The van der Waals surface area contributed by atoms with Crippen molar-refractivity contribution in [2.24, 2.45) is 11.8 Å². The molecular weight excluding hydrogens is 408 g/mol. The van der Waals surface area contributed by atoms with Crippen molar-refractivity contribution < 1.29 is 14.3 Å². The number of ether oxygens (including phenoxy) is 1. The molecule has 0 radical (unpaired) electrons. The van der Waals surface area contributed by atoms with E-state index in [0.717, 1.165) is 49.9 Å². The molecular formula is C30H18O3. The second kappa shape index (κ2) is 6.63. The van der Waals surface area contributed by atoms with E-state index in [1.807, 2.05) is 60.7 Å². The van der Waals surface area contributed by atoms with Crippen LogP contribution in [0.25, 0.3) is 33.1 Å². The summed E-state index contributed by atoms with van der Waals surface area (Å²) in [5.74, 6) is -2.27. The van der Waals surface area contributed by atoms with Crippen LogP contribution in [0, 0.1) is 11.8 Å². The van der Waals surface area contributed by atoms with E-state index >= 15 is 0 Å². The average molecular weight is 426 g/mol. The van der Waals surface area contributed by atoms with E-state index in [1.165, 1.54) is 5.39 Å². The monoisotopic (exact) mass is 426 g/mol. The van der Waals surface area contributed by atoms with Gasteiger partial charge < -0.3 is 4.74 Å². The highest BCUT2D eigenvalue weighted by molar-refractivity contribution is 6.37. The number of hydrogen-bond acceptors (Lipinski definition) is 3. The van der Waals surface area contributed by atoms with Gasteiger partial charge in [0.2, 0.25) is 0 Å². The van der Waals surface area contributed by atoms with Crippen molar-refractivity contribution in [1.29, 1.82) is 0 Å². The number of benzene rings is 4. The lowest BCUT2D eigenvalue weighted by atomic mass is 9.68. The Morgan fingerprint density at radius 1 is 0.515 bits per heavy atom. The summed E-state index contributed by atoms with van der Waals surface area (Å²) in [5, 5.41) is 2.32. The predicted octanol–water partition coefficient (Wildman–Crippen LogP) is 6.00. The maximum atomic E-state index is 13.2. The topological polar surface area (TPSA) is 43.4 Å². The van der Waals surface area contributed by atoms with Gasteiger partial charge in [-0.3, -0.25) is 9.59 Å². The predicted molar refractivity (Wildman–Crippen MR) is 129 cm³/mol. The van der Waals surface area contributed by atoms with E-state index in [-0.39, 0.29) is 0 Å². The molecule has 0 amide bonds. The van der Waals surface area contributed by atoms with Crippen LogP contribution in [0.5, 0.6) is 0 Å². The van der Waals surface area contributed by atoms with Crippen molar-refractivity contribution in [1.82, 2.24) is 0 Å². The lowest BCUT2D eigenvalue weighted by Crippen LogP contribution is -2.26. The number of carbonyl (C=O) groups excluding carboxylic acids is 2. The maximum absolute atomic E-state index is 13.2. The molecule has 0 bridgehead atoms. The number of carbonyl (C=O) groups is 2. The van der Waals surface area contributed by atoms with Crippen molar-refractivity contribution in [3.63, 3.8) is 0 Å². The first-order valence-corrected chi connectivity index (χ1v) is 11.1. The number of hydrogen-bond donors (Lipinski definition) is 0. The average Bonchev–Trinajstić information content (AvgIpc) is 3.35. The summed E-state index contributed by atoms with van der Waals surface area (Å²) in [7, 11) is 0. The Kier molecular flexibility index (Phi) is 3.68. The number of allylic oxidation sites excluding steroid dienone is 2. The van der Waals surface area contributed by atoms with E-state index < -0.39 is 23.8 Å². The molecule has 4 aromatic rings. The summed E-state index contributed by atoms with van der Waals surface area (Å²) >= 11 is 0. The van der Waals surface area contributed by atoms with Crippen LogP contribution in [0.1, 0.15) is 22.3 Å². The molecule has 156 valence electrons. The van der Waals surface area contributed by atoms with Crippen LogP contribution in [0.3, 0.4) is 0 Å². The maximum Gasteiger partial charge on any atom is 0.322 e. The molecule has 0 spiro atoms. The van der Waals surface area contributed by atoms with E-state index in [1.54, 1.807) is 0 Å². The molecule has 3 nitrogen and oxygen atoms in total. The van der Waals surface area contributed by atoms with Gasteiger partial charge in [0.25, 0.3) is 0 Å². The Balaban J connectivity index is 1.71. The summed E-state index contributed by atoms with van der Waals surface area (Å²) in [6.07, 6.45) is 0. The molecule has 3 aliphatic rings. The van der Waals surface area contributed by atoms with Crippen molar-refractivity contribution >= 4 is 45.0 Å². The summed E-state index contributed by atoms with van der Waals surface area (Å²) < 4.78 is 5.29. The van der Waals surface area contributed by atoms with E-state index in [0.29, 0.717) is 0 Å². The van der Waals surface area contributed by atoms with Gasteiger partial charge in [-0.2, -0.15) is 0 Å². The fourth-order valence-electron chi connectivity index (χ4n) is 5.85. The second-order valence-electron chi connectivity index (χ2n) is 8.71. The van der Waals surface area contributed by atoms with Gasteiger partial charge in [0.05, 0.1) is 0 Å². The zero-order valence-corrected chi connectivity index (χ0v) is 17.6. The van der Waals surface area contributed by atoms with E-state index in [4.69, 9.17) is 4.74 Å². The molecule has 2 aliphatic carbocycles. The fourth-order valence-corrected chi connectivity index (χ4v) is 5.85. The molecule has 1 aliphatic heterocycles. The van der Waals surface area contributed by atoms with Gasteiger partial charge in [0, 0.05) is 0 Å². The van der Waals surface area contributed by atoms with E-state index in [9.17, 15) is 9.59 Å². The highest BCUT2D eigenvalue weighted by atomic mass is 16.6. The molecule has 0 N–H and O–H groups in total. The van der Waals surface area contributed by atoms with E-state index in [2.05, 4.69) is 36.4 Å². The normalized spacial score (nSPS) is 20.8. The van der Waals surface area contributed by atoms with Gasteiger partial charge in [0.1, 0.15) is 11.8 Å². The smallest absolute Gasteiger partial charge is 0.322 e. The standard InChI is InChI=1S/C30H18O3/c31-29-27-23(18-9-3-1-4-10-18)25-20-15-7-13-17-14-8-16-21(22(17)20)26(25)24(28(27)30(32)33-29)19-11-5-2-6-12-19/h1-16,27-28H/t27-,28-/m0/s1. The zero-order chi connectivity index (χ0) is 22.1. The molecule has 1 fully saturated rings. The van der Waals surface area contributed by atoms with Gasteiger partial charge in [0.15, 0.2) is 0 Å². The molecule has 33 heavy (non-hydrogen) atoms. The quantitative estimate of drug-likeness (QED) is 0.291. The third-order valence-corrected chi connectivity index (χ3v) is 7.07. The molecule has 0 saturated carbocycles. The molecule has 1 heterocycles. The molecule has 0 unspecified atom stereocenters. The van der Waals surface area contributed by atoms with Crippen LogP contribution in [0.15, 0.2) is 97.1 Å². The van der Waals surface area contributed by atoms with Crippen LogP contribution in [-0.2, 0) is 14.3 Å². The first-order chi connectivity index (χ1) is 16.2. The molecule has 1 saturated heterocycles. The van der Waals surface area contributed by atoms with Crippen LogP contribution in [0.4, 0.5) is 0 Å². The van der Waals surface area contributed by atoms with Gasteiger partial charge in [-0.25, -0.2) is 0 Å². The van der Waals surface area contributed by atoms with Crippen molar-refractivity contribution in [2.45, 2.75) is 0 Å². The summed E-state index contributed by atoms with van der Waals surface area (Å²) in [6, 6.07) is 32.5. The molecule has 7 rings (SSSR count). The van der Waals surface area contributed by atoms with Crippen LogP contribution < -0.4 is 0 Å². The van der Waals surface area contributed by atoms with Crippen LogP contribution >= 0.6 is 0 Å². The third-order valence-electron chi connectivity index (χ3n) is 7.07. The third kappa shape index (κ3) is 2.39. The number of rotatable bonds is 2. The molecule has 3 heteroatoms.